The average Bonchev–Trinajstić information content (AvgIpc) is 3.84. The molecule has 4 heterocycles. The standard InChI is InChI=1S/C40H38N3O.C18H24NSi.Ir/c1-24(2)31-22-27(26-14-9-8-10-15-26)23-32(25(3)4)36(31)43-38(41-33-20-21-35(40(5,6)7)42-39(33)43)30-18-13-17-29-28-16-11-12-19-34(28)44-37(29)30;1-14(2)11-16-12-17(15-9-7-6-8-10-15)19-13-18(16)20(3,4)5;/h8-17,19-25H,1-7H3;6-9,12-14H,11H2,1-5H3;/q2*-1;. The normalized spacial score (nSPS) is 12.0. The molecule has 5 nitrogen and oxygen atoms in total. The first-order valence-corrected chi connectivity index (χ1v) is 26.4. The maximum Gasteiger partial charge on any atom is 0.155 e. The van der Waals surface area contributed by atoms with E-state index in [1.54, 1.807) is 0 Å². The van der Waals surface area contributed by atoms with E-state index in [0.29, 0.717) is 5.92 Å². The van der Waals surface area contributed by atoms with Crippen LogP contribution < -0.4 is 5.19 Å². The summed E-state index contributed by atoms with van der Waals surface area (Å²) >= 11 is 0. The first-order valence-electron chi connectivity index (χ1n) is 22.9. The molecule has 0 bridgehead atoms. The molecule has 0 aliphatic rings. The first kappa shape index (κ1) is 47.5. The van der Waals surface area contributed by atoms with Gasteiger partial charge in [0.1, 0.15) is 5.58 Å². The van der Waals surface area contributed by atoms with Gasteiger partial charge in [-0.05, 0) is 87.6 Å². The van der Waals surface area contributed by atoms with Crippen molar-refractivity contribution in [1.82, 2.24) is 19.5 Å². The zero-order chi connectivity index (χ0) is 45.5. The van der Waals surface area contributed by atoms with E-state index in [1.165, 1.54) is 33.0 Å². The number of hydrogen-bond acceptors (Lipinski definition) is 4. The molecule has 0 aliphatic carbocycles. The molecule has 1 radical (unpaired) electrons. The Bertz CT molecular complexity index is 3050. The van der Waals surface area contributed by atoms with Crippen molar-refractivity contribution < 1.29 is 24.5 Å². The summed E-state index contributed by atoms with van der Waals surface area (Å²) < 4.78 is 8.82. The molecule has 0 unspecified atom stereocenters. The summed E-state index contributed by atoms with van der Waals surface area (Å²) in [6, 6.07) is 49.0. The largest absolute Gasteiger partial charge is 0.501 e. The third kappa shape index (κ3) is 9.89. The number of pyridine rings is 2. The van der Waals surface area contributed by atoms with Gasteiger partial charge in [0, 0.05) is 48.5 Å². The Balaban J connectivity index is 0.000000253. The fraction of sp³-hybridized carbons (Fsp3) is 0.293. The van der Waals surface area contributed by atoms with Crippen LogP contribution in [0.3, 0.4) is 0 Å². The van der Waals surface area contributed by atoms with Gasteiger partial charge in [-0.3, -0.25) is 4.98 Å². The minimum Gasteiger partial charge on any atom is -0.501 e. The van der Waals surface area contributed by atoms with Crippen LogP contribution in [0.5, 0.6) is 0 Å². The van der Waals surface area contributed by atoms with Crippen LogP contribution in [-0.2, 0) is 31.9 Å². The van der Waals surface area contributed by atoms with Crippen molar-refractivity contribution >= 4 is 46.4 Å². The van der Waals surface area contributed by atoms with E-state index in [2.05, 4.69) is 195 Å². The predicted molar refractivity (Wildman–Crippen MR) is 273 cm³/mol. The molecule has 0 N–H and O–H groups in total. The van der Waals surface area contributed by atoms with Crippen LogP contribution in [0, 0.1) is 18.1 Å². The Morgan fingerprint density at radius 2 is 1.37 bits per heavy atom. The van der Waals surface area contributed by atoms with Crippen LogP contribution in [0.4, 0.5) is 0 Å². The number of rotatable bonds is 9. The monoisotopic (exact) mass is 1050 g/mol. The SMILES string of the molecule is CC(C)Cc1cc(-c2[c-]cccc2)ncc1[Si](C)(C)C.CC(C)c1cc(-c2ccccc2)cc(C(C)C)c1-n1c(-c2[c-]ccc3c2oc2ccccc23)nc2ccc(C(C)(C)C)nc21.[Ir]. The topological polar surface area (TPSA) is 56.7 Å². The molecule has 9 aromatic rings. The summed E-state index contributed by atoms with van der Waals surface area (Å²) in [5.74, 6) is 1.97. The smallest absolute Gasteiger partial charge is 0.155 e. The van der Waals surface area contributed by atoms with E-state index in [4.69, 9.17) is 14.4 Å². The molecule has 0 atom stereocenters. The quantitative estimate of drug-likeness (QED) is 0.107. The second-order valence-electron chi connectivity index (χ2n) is 20.3. The van der Waals surface area contributed by atoms with E-state index < -0.39 is 8.07 Å². The molecular weight excluding hydrogens is 989 g/mol. The van der Waals surface area contributed by atoms with Gasteiger partial charge >= 0.3 is 0 Å². The van der Waals surface area contributed by atoms with Gasteiger partial charge in [-0.15, -0.1) is 54.1 Å². The Morgan fingerprint density at radius 3 is 2.00 bits per heavy atom. The molecule has 65 heavy (non-hydrogen) atoms. The van der Waals surface area contributed by atoms with E-state index in [1.807, 2.05) is 36.4 Å². The maximum absolute atomic E-state index is 6.53. The maximum atomic E-state index is 6.53. The number of aromatic nitrogens is 4. The fourth-order valence-electron chi connectivity index (χ4n) is 8.71. The van der Waals surface area contributed by atoms with Crippen molar-refractivity contribution in [2.24, 2.45) is 5.92 Å². The summed E-state index contributed by atoms with van der Waals surface area (Å²) in [7, 11) is -1.34. The van der Waals surface area contributed by atoms with Crippen molar-refractivity contribution in [1.29, 1.82) is 0 Å². The molecule has 4 aromatic heterocycles. The third-order valence-corrected chi connectivity index (χ3v) is 14.1. The van der Waals surface area contributed by atoms with Crippen molar-refractivity contribution in [3.05, 3.63) is 162 Å². The van der Waals surface area contributed by atoms with Gasteiger partial charge in [-0.25, -0.2) is 4.98 Å². The van der Waals surface area contributed by atoms with Gasteiger partial charge in [0.25, 0.3) is 0 Å². The second-order valence-corrected chi connectivity index (χ2v) is 25.3. The number of para-hydroxylation sites is 1. The number of hydrogen-bond donors (Lipinski definition) is 0. The van der Waals surface area contributed by atoms with Crippen LogP contribution in [0.2, 0.25) is 19.6 Å². The van der Waals surface area contributed by atoms with E-state index in [0.717, 1.165) is 73.5 Å². The number of nitrogens with zero attached hydrogens (tertiary/aromatic N) is 4. The molecule has 9 rings (SSSR count). The van der Waals surface area contributed by atoms with Crippen LogP contribution in [0.1, 0.15) is 96.5 Å². The average molecular weight is 1050 g/mol. The summed E-state index contributed by atoms with van der Waals surface area (Å²) in [5, 5.41) is 3.64. The third-order valence-electron chi connectivity index (χ3n) is 12.0. The molecule has 0 spiro atoms. The zero-order valence-corrected chi connectivity index (χ0v) is 43.5. The number of benzene rings is 5. The van der Waals surface area contributed by atoms with Crippen LogP contribution >= 0.6 is 0 Å². The van der Waals surface area contributed by atoms with Gasteiger partial charge in [-0.1, -0.05) is 153 Å². The molecule has 0 aliphatic heterocycles. The molecular formula is C58H62IrN4OSi-2. The summed E-state index contributed by atoms with van der Waals surface area (Å²) in [6.45, 7) is 27.5. The summed E-state index contributed by atoms with van der Waals surface area (Å²) in [5.41, 5.74) is 14.8. The Labute approximate surface area is 401 Å². The Hall–Kier alpha value is -5.46. The summed E-state index contributed by atoms with van der Waals surface area (Å²) in [4.78, 5) is 15.3. The van der Waals surface area contributed by atoms with Gasteiger partial charge in [0.2, 0.25) is 0 Å². The number of fused-ring (bicyclic) bond motifs is 4. The van der Waals surface area contributed by atoms with Crippen molar-refractivity contribution in [2.75, 3.05) is 0 Å². The summed E-state index contributed by atoms with van der Waals surface area (Å²) in [6.07, 6.45) is 3.24. The van der Waals surface area contributed by atoms with Crippen LogP contribution in [0.25, 0.3) is 72.6 Å². The molecule has 5 aromatic carbocycles. The van der Waals surface area contributed by atoms with Crippen LogP contribution in [0.15, 0.2) is 132 Å². The number of furan rings is 1. The second kappa shape index (κ2) is 19.2. The molecule has 0 amide bonds. The fourth-order valence-corrected chi connectivity index (χ4v) is 10.3. The van der Waals surface area contributed by atoms with Crippen LogP contribution in [-0.4, -0.2) is 27.6 Å². The van der Waals surface area contributed by atoms with Crippen molar-refractivity contribution in [3.63, 3.8) is 0 Å². The molecule has 0 saturated heterocycles. The van der Waals surface area contributed by atoms with E-state index >= 15 is 0 Å². The molecule has 335 valence electrons. The van der Waals surface area contributed by atoms with Gasteiger partial charge in [0.15, 0.2) is 5.65 Å². The molecule has 0 saturated carbocycles. The van der Waals surface area contributed by atoms with Gasteiger partial charge < -0.3 is 14.0 Å². The minimum atomic E-state index is -1.34. The Kier molecular flexibility index (Phi) is 14.0. The van der Waals surface area contributed by atoms with E-state index in [9.17, 15) is 0 Å². The van der Waals surface area contributed by atoms with Gasteiger partial charge in [0.05, 0.1) is 25.0 Å². The molecule has 0 fully saturated rings. The van der Waals surface area contributed by atoms with E-state index in [-0.39, 0.29) is 37.4 Å². The van der Waals surface area contributed by atoms with Crippen molar-refractivity contribution in [2.45, 2.75) is 106 Å². The van der Waals surface area contributed by atoms with Crippen molar-refractivity contribution in [3.8, 4) is 39.5 Å². The first-order chi connectivity index (χ1) is 30.5. The molecule has 7 heteroatoms. The Morgan fingerprint density at radius 1 is 0.692 bits per heavy atom. The zero-order valence-electron chi connectivity index (χ0n) is 40.1. The predicted octanol–water partition coefficient (Wildman–Crippen LogP) is 15.3. The minimum absolute atomic E-state index is 0. The number of imidazole rings is 1. The van der Waals surface area contributed by atoms with Gasteiger partial charge in [-0.2, -0.15) is 0 Å².